The van der Waals surface area contributed by atoms with Crippen molar-refractivity contribution in [3.05, 3.63) is 36.5 Å². The van der Waals surface area contributed by atoms with Gasteiger partial charge in [0.2, 0.25) is 0 Å². The Kier molecular flexibility index (Phi) is 4.65. The summed E-state index contributed by atoms with van der Waals surface area (Å²) in [4.78, 5) is 0. The molecule has 0 aliphatic rings. The lowest BCUT2D eigenvalue weighted by atomic mass is 10.2. The largest absolute Gasteiger partial charge is 0.100 e. The van der Waals surface area contributed by atoms with Gasteiger partial charge in [0.25, 0.3) is 0 Å². The van der Waals surface area contributed by atoms with Crippen molar-refractivity contribution in [1.29, 1.82) is 0 Å². The fourth-order valence-electron chi connectivity index (χ4n) is 0.614. The van der Waals surface area contributed by atoms with Crippen molar-refractivity contribution in [2.75, 3.05) is 0 Å². The fourth-order valence-corrected chi connectivity index (χ4v) is 0.614. The van der Waals surface area contributed by atoms with Crippen molar-refractivity contribution >= 4 is 0 Å². The van der Waals surface area contributed by atoms with E-state index in [-0.39, 0.29) is 0 Å². The molecule has 0 heterocycles. The Balaban J connectivity index is 3.36. The lowest BCUT2D eigenvalue weighted by molar-refractivity contribution is 0.983. The predicted molar refractivity (Wildman–Crippen MR) is 48.0 cm³/mol. The lowest BCUT2D eigenvalue weighted by Gasteiger charge is -1.91. The van der Waals surface area contributed by atoms with Crippen molar-refractivity contribution in [2.24, 2.45) is 0 Å². The summed E-state index contributed by atoms with van der Waals surface area (Å²) in [6.07, 6.45) is 6.35. The van der Waals surface area contributed by atoms with E-state index in [2.05, 4.69) is 26.2 Å². The van der Waals surface area contributed by atoms with Crippen LogP contribution in [0.3, 0.4) is 0 Å². The Morgan fingerprint density at radius 1 is 1.30 bits per heavy atom. The molecular weight excluding hydrogens is 120 g/mol. The molecule has 0 saturated carbocycles. The molecule has 0 rings (SSSR count). The first kappa shape index (κ1) is 9.22. The van der Waals surface area contributed by atoms with Crippen LogP contribution in [0.2, 0.25) is 0 Å². The molecule has 0 N–H and O–H groups in total. The molecule has 0 bridgehead atoms. The molecule has 0 aliphatic carbocycles. The van der Waals surface area contributed by atoms with E-state index in [9.17, 15) is 0 Å². The number of hydrogen-bond acceptors (Lipinski definition) is 0. The summed E-state index contributed by atoms with van der Waals surface area (Å²) in [5, 5.41) is 0. The number of hydrogen-bond donors (Lipinski definition) is 0. The van der Waals surface area contributed by atoms with Gasteiger partial charge in [0, 0.05) is 0 Å². The maximum absolute atomic E-state index is 3.82. The molecule has 0 aromatic heterocycles. The zero-order valence-corrected chi connectivity index (χ0v) is 6.98. The van der Waals surface area contributed by atoms with E-state index >= 15 is 0 Å². The minimum Gasteiger partial charge on any atom is -0.100 e. The maximum Gasteiger partial charge on any atom is -0.0291 e. The highest BCUT2D eigenvalue weighted by atomic mass is 13.9. The second-order valence-electron chi connectivity index (χ2n) is 2.74. The summed E-state index contributed by atoms with van der Waals surface area (Å²) in [5.74, 6) is 0. The van der Waals surface area contributed by atoms with Gasteiger partial charge in [-0.2, -0.15) is 0 Å². The van der Waals surface area contributed by atoms with Crippen molar-refractivity contribution < 1.29 is 0 Å². The predicted octanol–water partition coefficient (Wildman–Crippen LogP) is 3.48. The van der Waals surface area contributed by atoms with Crippen molar-refractivity contribution in [3.8, 4) is 0 Å². The Morgan fingerprint density at radius 2 is 1.90 bits per heavy atom. The average molecular weight is 136 g/mol. The van der Waals surface area contributed by atoms with Crippen LogP contribution in [0, 0.1) is 0 Å². The normalized spacial score (nSPS) is 10.2. The summed E-state index contributed by atoms with van der Waals surface area (Å²) in [5.41, 5.74) is 2.35. The number of allylic oxidation sites excluding steroid dienone is 4. The topological polar surface area (TPSA) is 0 Å². The van der Waals surface area contributed by atoms with Crippen LogP contribution in [0.1, 0.15) is 26.7 Å². The van der Waals surface area contributed by atoms with Crippen molar-refractivity contribution in [1.82, 2.24) is 0 Å². The summed E-state index contributed by atoms with van der Waals surface area (Å²) < 4.78 is 0. The van der Waals surface area contributed by atoms with Gasteiger partial charge < -0.3 is 0 Å². The molecule has 10 heavy (non-hydrogen) atoms. The van der Waals surface area contributed by atoms with Crippen LogP contribution in [0.15, 0.2) is 36.5 Å². The van der Waals surface area contributed by atoms with Crippen LogP contribution in [0.4, 0.5) is 0 Å². The Morgan fingerprint density at radius 3 is 2.30 bits per heavy atom. The van der Waals surface area contributed by atoms with E-state index in [1.54, 1.807) is 0 Å². The molecular formula is C10H16. The third kappa shape index (κ3) is 7.22. The van der Waals surface area contributed by atoms with Gasteiger partial charge in [0.1, 0.15) is 0 Å². The first-order valence-electron chi connectivity index (χ1n) is 3.59. The zero-order chi connectivity index (χ0) is 7.98. The Bertz CT molecular complexity index is 149. The molecule has 56 valence electrons. The SMILES string of the molecule is C=C(C)C=CCCC(=C)C. The average Bonchev–Trinajstić information content (AvgIpc) is 1.79. The highest BCUT2D eigenvalue weighted by molar-refractivity contribution is 5.11. The first-order chi connectivity index (χ1) is 4.63. The second-order valence-corrected chi connectivity index (χ2v) is 2.74. The van der Waals surface area contributed by atoms with Crippen LogP contribution in [-0.2, 0) is 0 Å². The monoisotopic (exact) mass is 136 g/mol. The summed E-state index contributed by atoms with van der Waals surface area (Å²) in [7, 11) is 0. The van der Waals surface area contributed by atoms with Gasteiger partial charge in [0.15, 0.2) is 0 Å². The second kappa shape index (κ2) is 5.04. The molecule has 0 aromatic carbocycles. The molecule has 0 saturated heterocycles. The van der Waals surface area contributed by atoms with Gasteiger partial charge in [-0.1, -0.05) is 29.9 Å². The standard InChI is InChI=1S/C10H16/c1-9(2)7-5-6-8-10(3)4/h5,7H,1,3,6,8H2,2,4H3. The Hall–Kier alpha value is -0.780. The third-order valence-corrected chi connectivity index (χ3v) is 1.14. The van der Waals surface area contributed by atoms with Crippen molar-refractivity contribution in [3.63, 3.8) is 0 Å². The maximum atomic E-state index is 3.82. The van der Waals surface area contributed by atoms with Gasteiger partial charge in [-0.25, -0.2) is 0 Å². The smallest absolute Gasteiger partial charge is 0.0291 e. The van der Waals surface area contributed by atoms with E-state index in [0.29, 0.717) is 0 Å². The van der Waals surface area contributed by atoms with Gasteiger partial charge in [-0.15, -0.1) is 6.58 Å². The highest BCUT2D eigenvalue weighted by Crippen LogP contribution is 2.02. The van der Waals surface area contributed by atoms with Crippen LogP contribution in [0.25, 0.3) is 0 Å². The molecule has 0 aromatic rings. The van der Waals surface area contributed by atoms with Gasteiger partial charge >= 0.3 is 0 Å². The van der Waals surface area contributed by atoms with E-state index in [1.807, 2.05) is 13.0 Å². The molecule has 0 unspecified atom stereocenters. The van der Waals surface area contributed by atoms with Gasteiger partial charge in [0.05, 0.1) is 0 Å². The molecule has 0 nitrogen and oxygen atoms in total. The van der Waals surface area contributed by atoms with E-state index in [4.69, 9.17) is 0 Å². The van der Waals surface area contributed by atoms with Crippen molar-refractivity contribution in [2.45, 2.75) is 26.7 Å². The molecule has 0 radical (unpaired) electrons. The third-order valence-electron chi connectivity index (χ3n) is 1.14. The van der Waals surface area contributed by atoms with Crippen LogP contribution in [0.5, 0.6) is 0 Å². The molecule has 0 fully saturated rings. The van der Waals surface area contributed by atoms with Crippen LogP contribution in [-0.4, -0.2) is 0 Å². The minimum atomic E-state index is 1.09. The van der Waals surface area contributed by atoms with E-state index in [1.165, 1.54) is 5.57 Å². The van der Waals surface area contributed by atoms with E-state index < -0.39 is 0 Å². The molecule has 0 spiro atoms. The van der Waals surface area contributed by atoms with Gasteiger partial charge in [-0.3, -0.25) is 0 Å². The number of rotatable bonds is 4. The van der Waals surface area contributed by atoms with Crippen LogP contribution >= 0.6 is 0 Å². The van der Waals surface area contributed by atoms with E-state index in [0.717, 1.165) is 18.4 Å². The summed E-state index contributed by atoms with van der Waals surface area (Å²) in [6, 6.07) is 0. The first-order valence-corrected chi connectivity index (χ1v) is 3.59. The fraction of sp³-hybridized carbons (Fsp3) is 0.400. The molecule has 0 amide bonds. The zero-order valence-electron chi connectivity index (χ0n) is 6.98. The molecule has 0 atom stereocenters. The summed E-state index contributed by atoms with van der Waals surface area (Å²) in [6.45, 7) is 11.6. The van der Waals surface area contributed by atoms with Crippen LogP contribution < -0.4 is 0 Å². The van der Waals surface area contributed by atoms with Gasteiger partial charge in [-0.05, 0) is 26.7 Å². The molecule has 0 heteroatoms. The Labute approximate surface area is 64.0 Å². The minimum absolute atomic E-state index is 1.09. The lowest BCUT2D eigenvalue weighted by Crippen LogP contribution is -1.71. The quantitative estimate of drug-likeness (QED) is 0.410. The molecule has 0 aliphatic heterocycles. The highest BCUT2D eigenvalue weighted by Gasteiger charge is 1.81. The summed E-state index contributed by atoms with van der Waals surface area (Å²) >= 11 is 0.